The van der Waals surface area contributed by atoms with Crippen LogP contribution in [-0.2, 0) is 10.2 Å². The molecule has 2 unspecified atom stereocenters. The SMILES string of the molecule is COc1cc(C2NC(C(=O)O)CS2)cc(Cl)c1OCCOc1ccccc1C(C)(C)C. The second kappa shape index (κ2) is 10.0. The zero-order valence-electron chi connectivity index (χ0n) is 18.1. The largest absolute Gasteiger partial charge is 0.493 e. The molecule has 1 heterocycles. The molecule has 0 spiro atoms. The van der Waals surface area contributed by atoms with Crippen LogP contribution in [0.1, 0.15) is 37.3 Å². The molecule has 0 aliphatic carbocycles. The van der Waals surface area contributed by atoms with Gasteiger partial charge in [0.15, 0.2) is 11.5 Å². The third kappa shape index (κ3) is 5.79. The number of para-hydroxylation sites is 1. The predicted octanol–water partition coefficient (Wildman–Crippen LogP) is 4.89. The maximum atomic E-state index is 11.2. The Labute approximate surface area is 192 Å². The number of thioether (sulfide) groups is 1. The van der Waals surface area contributed by atoms with Crippen molar-refractivity contribution in [3.8, 4) is 17.2 Å². The van der Waals surface area contributed by atoms with E-state index in [9.17, 15) is 9.90 Å². The molecule has 0 radical (unpaired) electrons. The molecule has 2 atom stereocenters. The molecule has 2 N–H and O–H groups in total. The van der Waals surface area contributed by atoms with Gasteiger partial charge in [-0.2, -0.15) is 0 Å². The van der Waals surface area contributed by atoms with Gasteiger partial charge >= 0.3 is 5.97 Å². The summed E-state index contributed by atoms with van der Waals surface area (Å²) < 4.78 is 17.3. The van der Waals surface area contributed by atoms with Crippen molar-refractivity contribution in [2.45, 2.75) is 37.6 Å². The number of carbonyl (C=O) groups is 1. The van der Waals surface area contributed by atoms with E-state index in [4.69, 9.17) is 25.8 Å². The van der Waals surface area contributed by atoms with Gasteiger partial charge in [0.1, 0.15) is 25.0 Å². The smallest absolute Gasteiger partial charge is 0.321 e. The van der Waals surface area contributed by atoms with Crippen molar-refractivity contribution in [1.82, 2.24) is 5.32 Å². The van der Waals surface area contributed by atoms with Gasteiger partial charge < -0.3 is 19.3 Å². The minimum absolute atomic E-state index is 0.0221. The minimum atomic E-state index is -0.860. The summed E-state index contributed by atoms with van der Waals surface area (Å²) in [5, 5.41) is 12.5. The fourth-order valence-corrected chi connectivity index (χ4v) is 4.83. The average molecular weight is 466 g/mol. The number of ether oxygens (including phenoxy) is 3. The second-order valence-corrected chi connectivity index (χ2v) is 9.79. The van der Waals surface area contributed by atoms with Crippen molar-refractivity contribution in [2.24, 2.45) is 0 Å². The van der Waals surface area contributed by atoms with Crippen molar-refractivity contribution >= 4 is 29.3 Å². The summed E-state index contributed by atoms with van der Waals surface area (Å²) in [6.07, 6.45) is 0. The summed E-state index contributed by atoms with van der Waals surface area (Å²) in [4.78, 5) is 11.2. The molecule has 0 saturated carbocycles. The first kappa shape index (κ1) is 23.6. The van der Waals surface area contributed by atoms with Crippen LogP contribution in [0.4, 0.5) is 0 Å². The van der Waals surface area contributed by atoms with E-state index < -0.39 is 12.0 Å². The number of halogens is 1. The summed E-state index contributed by atoms with van der Waals surface area (Å²) in [5.41, 5.74) is 1.96. The molecule has 0 amide bonds. The zero-order valence-corrected chi connectivity index (χ0v) is 19.7. The number of carboxylic acid groups (broad SMARTS) is 1. The maximum absolute atomic E-state index is 11.2. The van der Waals surface area contributed by atoms with Crippen LogP contribution >= 0.6 is 23.4 Å². The first-order chi connectivity index (χ1) is 14.7. The Bertz CT molecular complexity index is 931. The molecule has 1 aliphatic rings. The highest BCUT2D eigenvalue weighted by Crippen LogP contribution is 2.42. The number of nitrogens with one attached hydrogen (secondary N) is 1. The van der Waals surface area contributed by atoms with Crippen LogP contribution in [0.15, 0.2) is 36.4 Å². The lowest BCUT2D eigenvalue weighted by atomic mass is 9.86. The molecule has 2 aromatic carbocycles. The summed E-state index contributed by atoms with van der Waals surface area (Å²) in [6.45, 7) is 7.09. The molecule has 6 nitrogen and oxygen atoms in total. The molecule has 1 saturated heterocycles. The van der Waals surface area contributed by atoms with Gasteiger partial charge in [0.05, 0.1) is 17.5 Å². The number of hydrogen-bond donors (Lipinski definition) is 2. The predicted molar refractivity (Wildman–Crippen MR) is 124 cm³/mol. The standard InChI is InChI=1S/C23H28ClNO5S/c1-23(2,3)15-7-5-6-8-18(15)29-9-10-30-20-16(24)11-14(12-19(20)28-4)21-25-17(13-31-21)22(26)27/h5-8,11-12,17,21,25H,9-10,13H2,1-4H3,(H,26,27). The molecule has 0 bridgehead atoms. The fourth-order valence-electron chi connectivity index (χ4n) is 3.35. The van der Waals surface area contributed by atoms with Crippen LogP contribution in [-0.4, -0.2) is 43.2 Å². The van der Waals surface area contributed by atoms with Crippen LogP contribution in [0.5, 0.6) is 17.2 Å². The molecule has 8 heteroatoms. The molecule has 1 fully saturated rings. The van der Waals surface area contributed by atoms with Gasteiger partial charge in [-0.1, -0.05) is 50.6 Å². The van der Waals surface area contributed by atoms with E-state index in [0.717, 1.165) is 16.9 Å². The van der Waals surface area contributed by atoms with Gasteiger partial charge in [-0.05, 0) is 34.7 Å². The maximum Gasteiger partial charge on any atom is 0.321 e. The molecule has 1 aliphatic heterocycles. The Morgan fingerprint density at radius 2 is 1.90 bits per heavy atom. The Hall–Kier alpha value is -2.09. The number of carboxylic acids is 1. The van der Waals surface area contributed by atoms with E-state index in [1.54, 1.807) is 13.2 Å². The van der Waals surface area contributed by atoms with Crippen molar-refractivity contribution in [2.75, 3.05) is 26.1 Å². The summed E-state index contributed by atoms with van der Waals surface area (Å²) >= 11 is 7.99. The average Bonchev–Trinajstić information content (AvgIpc) is 3.22. The van der Waals surface area contributed by atoms with E-state index in [0.29, 0.717) is 35.5 Å². The van der Waals surface area contributed by atoms with Crippen molar-refractivity contribution in [3.63, 3.8) is 0 Å². The van der Waals surface area contributed by atoms with Gasteiger partial charge in [-0.3, -0.25) is 10.1 Å². The van der Waals surface area contributed by atoms with Gasteiger partial charge in [-0.25, -0.2) is 0 Å². The Balaban J connectivity index is 1.64. The molecule has 2 aromatic rings. The zero-order chi connectivity index (χ0) is 22.6. The van der Waals surface area contributed by atoms with Gasteiger partial charge in [0.25, 0.3) is 0 Å². The van der Waals surface area contributed by atoms with Gasteiger partial charge in [0, 0.05) is 5.75 Å². The Morgan fingerprint density at radius 3 is 2.55 bits per heavy atom. The van der Waals surface area contributed by atoms with Crippen LogP contribution in [0.3, 0.4) is 0 Å². The number of benzene rings is 2. The van der Waals surface area contributed by atoms with E-state index >= 15 is 0 Å². The highest BCUT2D eigenvalue weighted by atomic mass is 35.5. The highest BCUT2D eigenvalue weighted by Gasteiger charge is 2.31. The number of hydrogen-bond acceptors (Lipinski definition) is 6. The first-order valence-corrected chi connectivity index (χ1v) is 11.5. The minimum Gasteiger partial charge on any atom is -0.493 e. The lowest BCUT2D eigenvalue weighted by Crippen LogP contribution is -2.33. The van der Waals surface area contributed by atoms with Crippen molar-refractivity contribution < 1.29 is 24.1 Å². The molecular formula is C23H28ClNO5S. The lowest BCUT2D eigenvalue weighted by Gasteiger charge is -2.23. The molecule has 168 valence electrons. The van der Waals surface area contributed by atoms with E-state index in [1.165, 1.54) is 11.8 Å². The fraction of sp³-hybridized carbons (Fsp3) is 0.435. The van der Waals surface area contributed by atoms with Gasteiger partial charge in [-0.15, -0.1) is 11.8 Å². The summed E-state index contributed by atoms with van der Waals surface area (Å²) in [7, 11) is 1.55. The van der Waals surface area contributed by atoms with E-state index in [2.05, 4.69) is 32.2 Å². The summed E-state index contributed by atoms with van der Waals surface area (Å²) in [5.74, 6) is 1.41. The topological polar surface area (TPSA) is 77.0 Å². The van der Waals surface area contributed by atoms with Crippen molar-refractivity contribution in [1.29, 1.82) is 0 Å². The van der Waals surface area contributed by atoms with Crippen LogP contribution in [0, 0.1) is 0 Å². The van der Waals surface area contributed by atoms with Crippen molar-refractivity contribution in [3.05, 3.63) is 52.5 Å². The van der Waals surface area contributed by atoms with Crippen LogP contribution < -0.4 is 19.5 Å². The van der Waals surface area contributed by atoms with Gasteiger partial charge in [0.2, 0.25) is 0 Å². The highest BCUT2D eigenvalue weighted by molar-refractivity contribution is 7.99. The Kier molecular flexibility index (Phi) is 7.62. The van der Waals surface area contributed by atoms with E-state index in [1.807, 2.05) is 24.3 Å². The van der Waals surface area contributed by atoms with Crippen LogP contribution in [0.2, 0.25) is 5.02 Å². The molecular weight excluding hydrogens is 438 g/mol. The number of rotatable bonds is 8. The number of methoxy groups -OCH3 is 1. The quantitative estimate of drug-likeness (QED) is 0.537. The number of aliphatic carboxylic acids is 1. The molecule has 0 aromatic heterocycles. The molecule has 31 heavy (non-hydrogen) atoms. The van der Waals surface area contributed by atoms with Crippen LogP contribution in [0.25, 0.3) is 0 Å². The third-order valence-electron chi connectivity index (χ3n) is 4.92. The second-order valence-electron chi connectivity index (χ2n) is 8.25. The summed E-state index contributed by atoms with van der Waals surface area (Å²) in [6, 6.07) is 11.0. The third-order valence-corrected chi connectivity index (χ3v) is 6.47. The normalized spacial score (nSPS) is 18.6. The lowest BCUT2D eigenvalue weighted by molar-refractivity contribution is -0.138. The molecule has 3 rings (SSSR count). The Morgan fingerprint density at radius 1 is 1.19 bits per heavy atom. The monoisotopic (exact) mass is 465 g/mol. The van der Waals surface area contributed by atoms with E-state index in [-0.39, 0.29) is 10.8 Å². The first-order valence-electron chi connectivity index (χ1n) is 10.0.